The van der Waals surface area contributed by atoms with Crippen molar-refractivity contribution in [2.75, 3.05) is 0 Å². The first-order valence-electron chi connectivity index (χ1n) is 13.9. The van der Waals surface area contributed by atoms with E-state index in [9.17, 15) is 19.5 Å². The van der Waals surface area contributed by atoms with E-state index in [0.717, 1.165) is 70.9 Å². The molecule has 3 aliphatic rings. The molecule has 11 heteroatoms. The highest BCUT2D eigenvalue weighted by Crippen LogP contribution is 2.37. The van der Waals surface area contributed by atoms with Gasteiger partial charge in [0.2, 0.25) is 5.90 Å². The third-order valence-electron chi connectivity index (χ3n) is 8.21. The number of amides is 1. The van der Waals surface area contributed by atoms with Crippen molar-refractivity contribution >= 4 is 66.9 Å². The number of nitrogens with one attached hydrogen (secondary N) is 1. The number of carbonyl (C=O) groups is 3. The normalized spacial score (nSPS) is 19.3. The zero-order valence-corrected chi connectivity index (χ0v) is 24.1. The SMILES string of the molecule is O=C(NC1(C(=O)O)CCCCC1)c1ccc2ncsc2c1.O=C1OC(c2ccc3ncsc3c2)=NC12CCCCC2. The van der Waals surface area contributed by atoms with E-state index in [4.69, 9.17) is 4.74 Å². The molecule has 1 aliphatic heterocycles. The molecule has 7 rings (SSSR count). The number of cyclic esters (lactones) is 1. The Morgan fingerprint density at radius 3 is 2.10 bits per heavy atom. The first kappa shape index (κ1) is 27.5. The second-order valence-electron chi connectivity index (χ2n) is 10.9. The van der Waals surface area contributed by atoms with Gasteiger partial charge in [0, 0.05) is 11.1 Å². The van der Waals surface area contributed by atoms with Crippen molar-refractivity contribution in [3.05, 3.63) is 58.5 Å². The maximum absolute atomic E-state index is 12.4. The molecule has 1 amide bonds. The fourth-order valence-corrected chi connectivity index (χ4v) is 7.28. The number of hydrogen-bond donors (Lipinski definition) is 2. The topological polar surface area (TPSA) is 131 Å². The van der Waals surface area contributed by atoms with E-state index < -0.39 is 17.0 Å². The number of aliphatic imine (C=N–C) groups is 1. The summed E-state index contributed by atoms with van der Waals surface area (Å²) in [4.78, 5) is 49.3. The Morgan fingerprint density at radius 1 is 0.829 bits per heavy atom. The number of carbonyl (C=O) groups excluding carboxylic acids is 2. The van der Waals surface area contributed by atoms with Crippen LogP contribution in [0.1, 0.15) is 80.1 Å². The second-order valence-corrected chi connectivity index (χ2v) is 12.6. The van der Waals surface area contributed by atoms with Crippen molar-refractivity contribution in [1.29, 1.82) is 0 Å². The van der Waals surface area contributed by atoms with Crippen LogP contribution in [0.25, 0.3) is 20.4 Å². The van der Waals surface area contributed by atoms with Crippen LogP contribution in [-0.2, 0) is 14.3 Å². The summed E-state index contributed by atoms with van der Waals surface area (Å²) in [5.74, 6) is -0.951. The molecule has 2 N–H and O–H groups in total. The molecule has 0 unspecified atom stereocenters. The van der Waals surface area contributed by atoms with E-state index in [1.165, 1.54) is 17.8 Å². The molecule has 3 heterocycles. The number of thiazole rings is 2. The minimum absolute atomic E-state index is 0.170. The standard InChI is InChI=1S/C15H16N2O3S.C15H14N2O2S/c18-13(10-4-5-11-12(8-10)21-9-16-11)17-15(14(19)20)6-2-1-3-7-15;18-14-15(6-2-1-3-7-15)17-13(19-14)10-4-5-11-12(8-10)20-9-16-11/h4-5,8-9H,1-3,6-7H2,(H,17,18)(H,19,20);4-5,8-9H,1-3,6-7H2. The number of carboxylic acid groups (broad SMARTS) is 1. The van der Waals surface area contributed by atoms with Gasteiger partial charge in [-0.15, -0.1) is 22.7 Å². The van der Waals surface area contributed by atoms with Crippen LogP contribution >= 0.6 is 22.7 Å². The Morgan fingerprint density at radius 2 is 1.44 bits per heavy atom. The number of nitrogens with zero attached hydrogens (tertiary/aromatic N) is 3. The van der Waals surface area contributed by atoms with Gasteiger partial charge in [-0.05, 0) is 62.1 Å². The summed E-state index contributed by atoms with van der Waals surface area (Å²) in [6.45, 7) is 0. The van der Waals surface area contributed by atoms with Crippen LogP contribution in [0.15, 0.2) is 52.4 Å². The lowest BCUT2D eigenvalue weighted by Crippen LogP contribution is -2.55. The highest BCUT2D eigenvalue weighted by Gasteiger charge is 2.46. The zero-order chi connectivity index (χ0) is 28.5. The summed E-state index contributed by atoms with van der Waals surface area (Å²) in [6, 6.07) is 11.1. The van der Waals surface area contributed by atoms with Gasteiger partial charge >= 0.3 is 11.9 Å². The van der Waals surface area contributed by atoms with Gasteiger partial charge in [-0.1, -0.05) is 38.5 Å². The molecule has 4 aromatic rings. The third-order valence-corrected chi connectivity index (χ3v) is 9.79. The second kappa shape index (κ2) is 11.3. The Bertz CT molecular complexity index is 1650. The number of hydrogen-bond acceptors (Lipinski definition) is 9. The lowest BCUT2D eigenvalue weighted by molar-refractivity contribution is -0.146. The molecule has 2 aromatic carbocycles. The molecular formula is C30H30N4O5S2. The van der Waals surface area contributed by atoms with Crippen molar-refractivity contribution in [3.8, 4) is 0 Å². The number of aliphatic carboxylic acids is 1. The smallest absolute Gasteiger partial charge is 0.340 e. The Kier molecular flexibility index (Phi) is 7.56. The van der Waals surface area contributed by atoms with Gasteiger partial charge in [0.05, 0.1) is 31.5 Å². The molecular weight excluding hydrogens is 560 g/mol. The number of fused-ring (bicyclic) bond motifs is 2. The van der Waals surface area contributed by atoms with Crippen LogP contribution in [0.4, 0.5) is 0 Å². The predicted octanol–water partition coefficient (Wildman–Crippen LogP) is 6.12. The highest BCUT2D eigenvalue weighted by molar-refractivity contribution is 7.17. The van der Waals surface area contributed by atoms with Gasteiger partial charge in [-0.3, -0.25) is 4.79 Å². The molecule has 1 spiro atoms. The first-order valence-corrected chi connectivity index (χ1v) is 15.7. The molecule has 0 radical (unpaired) electrons. The largest absolute Gasteiger partial charge is 0.480 e. The van der Waals surface area contributed by atoms with E-state index in [2.05, 4.69) is 20.3 Å². The van der Waals surface area contributed by atoms with Gasteiger partial charge in [-0.25, -0.2) is 24.5 Å². The fraction of sp³-hybridized carbons (Fsp3) is 0.400. The Hall–Kier alpha value is -3.70. The summed E-state index contributed by atoms with van der Waals surface area (Å²) in [5.41, 5.74) is 5.01. The minimum Gasteiger partial charge on any atom is -0.480 e. The number of rotatable bonds is 4. The van der Waals surface area contributed by atoms with Crippen molar-refractivity contribution in [1.82, 2.24) is 15.3 Å². The maximum atomic E-state index is 12.4. The molecule has 9 nitrogen and oxygen atoms in total. The van der Waals surface area contributed by atoms with Crippen LogP contribution in [-0.4, -0.2) is 49.9 Å². The number of carboxylic acids is 1. The van der Waals surface area contributed by atoms with Crippen molar-refractivity contribution in [2.45, 2.75) is 75.3 Å². The van der Waals surface area contributed by atoms with Crippen LogP contribution in [0.3, 0.4) is 0 Å². The molecule has 2 fully saturated rings. The zero-order valence-electron chi connectivity index (χ0n) is 22.4. The molecule has 41 heavy (non-hydrogen) atoms. The molecule has 0 bridgehead atoms. The minimum atomic E-state index is -1.11. The number of benzene rings is 2. The molecule has 2 saturated carbocycles. The quantitative estimate of drug-likeness (QED) is 0.274. The van der Waals surface area contributed by atoms with Crippen LogP contribution in [0.5, 0.6) is 0 Å². The van der Waals surface area contributed by atoms with Crippen molar-refractivity contribution < 1.29 is 24.2 Å². The lowest BCUT2D eigenvalue weighted by atomic mass is 9.81. The van der Waals surface area contributed by atoms with E-state index in [0.29, 0.717) is 24.3 Å². The lowest BCUT2D eigenvalue weighted by Gasteiger charge is -2.33. The molecule has 212 valence electrons. The average Bonchev–Trinajstić information content (AvgIpc) is 3.73. The Balaban J connectivity index is 0.000000148. The molecule has 0 atom stereocenters. The molecule has 0 saturated heterocycles. The van der Waals surface area contributed by atoms with E-state index in [-0.39, 0.29) is 11.9 Å². The fourth-order valence-electron chi connectivity index (χ4n) is 5.84. The van der Waals surface area contributed by atoms with Crippen LogP contribution in [0, 0.1) is 0 Å². The van der Waals surface area contributed by atoms with E-state index >= 15 is 0 Å². The van der Waals surface area contributed by atoms with Crippen LogP contribution in [0.2, 0.25) is 0 Å². The van der Waals surface area contributed by atoms with Gasteiger partial charge in [0.15, 0.2) is 5.54 Å². The van der Waals surface area contributed by atoms with Crippen LogP contribution < -0.4 is 5.32 Å². The number of esters is 1. The molecule has 2 aromatic heterocycles. The summed E-state index contributed by atoms with van der Waals surface area (Å²) in [6.07, 6.45) is 8.62. The van der Waals surface area contributed by atoms with Gasteiger partial charge in [0.25, 0.3) is 5.91 Å². The summed E-state index contributed by atoms with van der Waals surface area (Å²) < 4.78 is 7.48. The summed E-state index contributed by atoms with van der Waals surface area (Å²) in [7, 11) is 0. The maximum Gasteiger partial charge on any atom is 0.340 e. The van der Waals surface area contributed by atoms with E-state index in [1.807, 2.05) is 23.7 Å². The van der Waals surface area contributed by atoms with Crippen molar-refractivity contribution in [3.63, 3.8) is 0 Å². The third kappa shape index (κ3) is 5.48. The van der Waals surface area contributed by atoms with Gasteiger partial charge < -0.3 is 15.2 Å². The monoisotopic (exact) mass is 590 g/mol. The van der Waals surface area contributed by atoms with E-state index in [1.54, 1.807) is 35.0 Å². The summed E-state index contributed by atoms with van der Waals surface area (Å²) in [5, 5.41) is 12.3. The summed E-state index contributed by atoms with van der Waals surface area (Å²) >= 11 is 3.04. The van der Waals surface area contributed by atoms with Gasteiger partial charge in [0.1, 0.15) is 5.54 Å². The number of aromatic nitrogens is 2. The first-order chi connectivity index (χ1) is 19.9. The number of ether oxygens (including phenoxy) is 1. The van der Waals surface area contributed by atoms with Gasteiger partial charge in [-0.2, -0.15) is 0 Å². The predicted molar refractivity (Wildman–Crippen MR) is 159 cm³/mol. The Labute approximate surface area is 244 Å². The highest BCUT2D eigenvalue weighted by atomic mass is 32.1. The van der Waals surface area contributed by atoms with Crippen molar-refractivity contribution in [2.24, 2.45) is 4.99 Å². The molecule has 2 aliphatic carbocycles. The average molecular weight is 591 g/mol.